The minimum Gasteiger partial charge on any atom is -0.493 e. The van der Waals surface area contributed by atoms with Gasteiger partial charge in [0.1, 0.15) is 11.4 Å². The van der Waals surface area contributed by atoms with Gasteiger partial charge in [-0.25, -0.2) is 0 Å². The summed E-state index contributed by atoms with van der Waals surface area (Å²) in [5, 5.41) is 23.0. The van der Waals surface area contributed by atoms with Gasteiger partial charge in [-0.15, -0.1) is 0 Å². The molecule has 2 N–H and O–H groups in total. The molecule has 2 aromatic carbocycles. The number of ether oxygens (including phenoxy) is 1. The van der Waals surface area contributed by atoms with Gasteiger partial charge < -0.3 is 14.9 Å². The van der Waals surface area contributed by atoms with Gasteiger partial charge in [0.25, 0.3) is 0 Å². The van der Waals surface area contributed by atoms with Crippen molar-refractivity contribution in [1.29, 1.82) is 0 Å². The maximum Gasteiger partial charge on any atom is 0.167 e. The first kappa shape index (κ1) is 23.7. The molecule has 0 amide bonds. The van der Waals surface area contributed by atoms with Crippen LogP contribution in [0, 0.1) is 12.8 Å². The quantitative estimate of drug-likeness (QED) is 0.517. The average Bonchev–Trinajstić information content (AvgIpc) is 3.02. The number of aryl methyl sites for hydroxylation is 1. The molecule has 35 heavy (non-hydrogen) atoms. The number of nitrogens with zero attached hydrogens (tertiary/aromatic N) is 1. The van der Waals surface area contributed by atoms with Gasteiger partial charge in [0.05, 0.1) is 12.7 Å². The zero-order chi connectivity index (χ0) is 24.6. The second-order valence-corrected chi connectivity index (χ2v) is 10.1. The van der Waals surface area contributed by atoms with Gasteiger partial charge in [-0.1, -0.05) is 55.5 Å². The predicted octanol–water partition coefficient (Wildman–Crippen LogP) is 4.90. The molecule has 1 saturated carbocycles. The van der Waals surface area contributed by atoms with Crippen molar-refractivity contribution >= 4 is 5.78 Å². The van der Waals surface area contributed by atoms with Crippen LogP contribution in [-0.2, 0) is 17.4 Å². The molecule has 1 aromatic heterocycles. The van der Waals surface area contributed by atoms with Crippen LogP contribution in [0.3, 0.4) is 0 Å². The fraction of sp³-hybridized carbons (Fsp3) is 0.400. The molecular weight excluding hydrogens is 438 g/mol. The van der Waals surface area contributed by atoms with Crippen LogP contribution in [0.25, 0.3) is 0 Å². The number of ketones is 1. The normalized spacial score (nSPS) is 27.8. The summed E-state index contributed by atoms with van der Waals surface area (Å²) in [4.78, 5) is 17.4. The zero-order valence-electron chi connectivity index (χ0n) is 20.4. The number of aromatic nitrogens is 1. The maximum atomic E-state index is 13.1. The van der Waals surface area contributed by atoms with E-state index in [0.29, 0.717) is 31.4 Å². The van der Waals surface area contributed by atoms with E-state index in [4.69, 9.17) is 4.74 Å². The van der Waals surface area contributed by atoms with Crippen molar-refractivity contribution in [2.75, 3.05) is 6.61 Å². The van der Waals surface area contributed by atoms with Crippen molar-refractivity contribution in [3.8, 4) is 5.75 Å². The molecular formula is C30H33NO4. The fourth-order valence-corrected chi connectivity index (χ4v) is 6.27. The molecule has 4 atom stereocenters. The Morgan fingerprint density at radius 3 is 2.66 bits per heavy atom. The number of hydrogen-bond acceptors (Lipinski definition) is 5. The van der Waals surface area contributed by atoms with Crippen LogP contribution in [0.4, 0.5) is 0 Å². The van der Waals surface area contributed by atoms with Crippen LogP contribution in [0.1, 0.15) is 65.3 Å². The third kappa shape index (κ3) is 4.07. The number of pyridine rings is 1. The Morgan fingerprint density at radius 1 is 1.11 bits per heavy atom. The van der Waals surface area contributed by atoms with Gasteiger partial charge in [0.15, 0.2) is 5.78 Å². The molecule has 182 valence electrons. The summed E-state index contributed by atoms with van der Waals surface area (Å²) in [5.41, 5.74) is 2.59. The highest BCUT2D eigenvalue weighted by Crippen LogP contribution is 2.56. The highest BCUT2D eigenvalue weighted by molar-refractivity contribution is 5.98. The van der Waals surface area contributed by atoms with E-state index in [2.05, 4.69) is 11.9 Å². The molecule has 1 aliphatic carbocycles. The summed E-state index contributed by atoms with van der Waals surface area (Å²) in [7, 11) is 0. The zero-order valence-corrected chi connectivity index (χ0v) is 20.4. The molecule has 1 aliphatic heterocycles. The lowest BCUT2D eigenvalue weighted by Gasteiger charge is -2.52. The smallest absolute Gasteiger partial charge is 0.167 e. The number of fused-ring (bicyclic) bond motifs is 3. The van der Waals surface area contributed by atoms with Gasteiger partial charge in [-0.2, -0.15) is 0 Å². The number of carbonyl (C=O) groups is 1. The first-order valence-corrected chi connectivity index (χ1v) is 12.5. The van der Waals surface area contributed by atoms with E-state index < -0.39 is 11.7 Å². The molecule has 2 aliphatic rings. The van der Waals surface area contributed by atoms with Crippen LogP contribution >= 0.6 is 0 Å². The van der Waals surface area contributed by atoms with E-state index in [1.807, 2.05) is 67.6 Å². The monoisotopic (exact) mass is 471 g/mol. The summed E-state index contributed by atoms with van der Waals surface area (Å²) in [6.07, 6.45) is 3.64. The summed E-state index contributed by atoms with van der Waals surface area (Å²) < 4.78 is 6.21. The SMILES string of the molecule is CC[C@@]12C[C@@H](O)[C@](O)(c3ccccc3)C[C@@H]1CCOc1cc(C(=O)Cc3cccnc3C)ccc12. The maximum absolute atomic E-state index is 13.1. The molecule has 5 nitrogen and oxygen atoms in total. The molecule has 0 unspecified atom stereocenters. The summed E-state index contributed by atoms with van der Waals surface area (Å²) >= 11 is 0. The summed E-state index contributed by atoms with van der Waals surface area (Å²) in [5.74, 6) is 0.892. The molecule has 0 saturated heterocycles. The van der Waals surface area contributed by atoms with Crippen molar-refractivity contribution in [2.24, 2.45) is 5.92 Å². The van der Waals surface area contributed by atoms with Crippen molar-refractivity contribution in [1.82, 2.24) is 4.98 Å². The third-order valence-electron chi connectivity index (χ3n) is 8.38. The van der Waals surface area contributed by atoms with E-state index in [0.717, 1.165) is 41.0 Å². The van der Waals surface area contributed by atoms with Gasteiger partial charge in [-0.05, 0) is 61.8 Å². The number of hydrogen-bond donors (Lipinski definition) is 2. The number of rotatable bonds is 5. The van der Waals surface area contributed by atoms with Crippen LogP contribution in [-0.4, -0.2) is 33.7 Å². The molecule has 0 bridgehead atoms. The standard InChI is InChI=1S/C30H33NO4/c1-3-29-19-28(33)30(34,23-9-5-4-6-10-23)18-24(29)13-15-35-27-17-22(11-12-25(27)29)26(32)16-21-8-7-14-31-20(21)2/h4-12,14,17,24,28,33-34H,3,13,15-16,18-19H2,1-2H3/t24-,28+,29+,30+/m0/s1. The van der Waals surface area contributed by atoms with Crippen molar-refractivity contribution in [3.63, 3.8) is 0 Å². The van der Waals surface area contributed by atoms with Crippen LogP contribution in [0.5, 0.6) is 5.75 Å². The van der Waals surface area contributed by atoms with E-state index in [1.54, 1.807) is 6.20 Å². The minimum absolute atomic E-state index is 0.0287. The minimum atomic E-state index is -1.29. The molecule has 0 spiro atoms. The number of aliphatic hydroxyl groups is 2. The van der Waals surface area contributed by atoms with Crippen molar-refractivity contribution < 1.29 is 19.7 Å². The Kier molecular flexibility index (Phi) is 6.24. The second-order valence-electron chi connectivity index (χ2n) is 10.1. The van der Waals surface area contributed by atoms with Gasteiger partial charge in [0, 0.05) is 34.9 Å². The Hall–Kier alpha value is -3.02. The lowest BCUT2D eigenvalue weighted by atomic mass is 9.55. The third-order valence-corrected chi connectivity index (χ3v) is 8.38. The first-order valence-electron chi connectivity index (χ1n) is 12.5. The predicted molar refractivity (Wildman–Crippen MR) is 135 cm³/mol. The number of carbonyl (C=O) groups excluding carboxylic acids is 1. The van der Waals surface area contributed by atoms with Crippen LogP contribution in [0.15, 0.2) is 66.9 Å². The number of aliphatic hydroxyl groups excluding tert-OH is 1. The van der Waals surface area contributed by atoms with E-state index in [9.17, 15) is 15.0 Å². The second kappa shape index (κ2) is 9.21. The van der Waals surface area contributed by atoms with Crippen molar-refractivity contribution in [2.45, 2.75) is 63.1 Å². The topological polar surface area (TPSA) is 79.6 Å². The summed E-state index contributed by atoms with van der Waals surface area (Å²) in [6.45, 7) is 4.57. The highest BCUT2D eigenvalue weighted by atomic mass is 16.5. The molecule has 2 heterocycles. The molecule has 0 radical (unpaired) electrons. The Balaban J connectivity index is 1.48. The molecule has 5 rings (SSSR count). The van der Waals surface area contributed by atoms with E-state index in [-0.39, 0.29) is 17.1 Å². The average molecular weight is 472 g/mol. The fourth-order valence-electron chi connectivity index (χ4n) is 6.27. The summed E-state index contributed by atoms with van der Waals surface area (Å²) in [6, 6.07) is 19.1. The van der Waals surface area contributed by atoms with E-state index >= 15 is 0 Å². The largest absolute Gasteiger partial charge is 0.493 e. The lowest BCUT2D eigenvalue weighted by Crippen LogP contribution is -2.54. The lowest BCUT2D eigenvalue weighted by molar-refractivity contribution is -0.144. The van der Waals surface area contributed by atoms with Gasteiger partial charge in [0.2, 0.25) is 0 Å². The van der Waals surface area contributed by atoms with E-state index in [1.165, 1.54) is 0 Å². The van der Waals surface area contributed by atoms with Crippen LogP contribution in [0.2, 0.25) is 0 Å². The molecule has 5 heteroatoms. The highest BCUT2D eigenvalue weighted by Gasteiger charge is 2.55. The van der Waals surface area contributed by atoms with Crippen LogP contribution < -0.4 is 4.74 Å². The number of benzene rings is 2. The van der Waals surface area contributed by atoms with Crippen molar-refractivity contribution in [3.05, 3.63) is 94.8 Å². The Morgan fingerprint density at radius 2 is 1.91 bits per heavy atom. The first-order chi connectivity index (χ1) is 16.9. The molecule has 3 aromatic rings. The molecule has 1 fully saturated rings. The number of Topliss-reactive ketones (excluding diaryl/α,β-unsaturated/α-hetero) is 1. The van der Waals surface area contributed by atoms with Gasteiger partial charge in [-0.3, -0.25) is 9.78 Å². The van der Waals surface area contributed by atoms with Gasteiger partial charge >= 0.3 is 0 Å². The Labute approximate surface area is 206 Å². The Bertz CT molecular complexity index is 1230.